The van der Waals surface area contributed by atoms with Crippen LogP contribution in [0.25, 0.3) is 0 Å². The third kappa shape index (κ3) is 4.32. The molecule has 0 aromatic heterocycles. The Balaban J connectivity index is 1.58. The van der Waals surface area contributed by atoms with E-state index in [0.717, 1.165) is 35.6 Å². The van der Waals surface area contributed by atoms with Crippen molar-refractivity contribution in [2.24, 2.45) is 0 Å². The van der Waals surface area contributed by atoms with Crippen LogP contribution in [0.15, 0.2) is 72.8 Å². The van der Waals surface area contributed by atoms with Crippen LogP contribution in [0.2, 0.25) is 0 Å². The zero-order valence-electron chi connectivity index (χ0n) is 15.7. The average Bonchev–Trinajstić information content (AvgIpc) is 2.72. The van der Waals surface area contributed by atoms with E-state index in [0.29, 0.717) is 19.3 Å². The molecule has 27 heavy (non-hydrogen) atoms. The molecule has 0 saturated carbocycles. The second kappa shape index (κ2) is 8.28. The summed E-state index contributed by atoms with van der Waals surface area (Å²) in [5.41, 5.74) is 4.95. The molecule has 1 heterocycles. The van der Waals surface area contributed by atoms with E-state index in [1.54, 1.807) is 0 Å². The molecule has 1 unspecified atom stereocenters. The molecule has 3 aromatic rings. The fourth-order valence-corrected chi connectivity index (χ4v) is 3.47. The van der Waals surface area contributed by atoms with Crippen LogP contribution in [0.1, 0.15) is 35.2 Å². The first-order valence-corrected chi connectivity index (χ1v) is 9.53. The van der Waals surface area contributed by atoms with Crippen LogP contribution in [0.4, 0.5) is 0 Å². The molecule has 0 radical (unpaired) electrons. The first kappa shape index (κ1) is 17.6. The largest absolute Gasteiger partial charge is 0.485 e. The van der Waals surface area contributed by atoms with E-state index in [1.807, 2.05) is 36.4 Å². The third-order valence-corrected chi connectivity index (χ3v) is 4.99. The molecule has 1 aliphatic heterocycles. The molecule has 0 aliphatic carbocycles. The standard InChI is InChI=1S/C24H25NO2/c1-18-22-15-24(27-17-20-10-6-3-7-11-20)23(14-21(22)12-13-25-18)26-16-19-8-4-2-5-9-19/h2-11,14-15,18,25H,12-13,16-17H2,1H3. The summed E-state index contributed by atoms with van der Waals surface area (Å²) in [6, 6.07) is 25.1. The number of ether oxygens (including phenoxy) is 2. The minimum absolute atomic E-state index is 0.330. The maximum absolute atomic E-state index is 6.17. The van der Waals surface area contributed by atoms with Gasteiger partial charge >= 0.3 is 0 Å². The quantitative estimate of drug-likeness (QED) is 0.668. The Morgan fingerprint density at radius 1 is 0.815 bits per heavy atom. The second-order valence-electron chi connectivity index (χ2n) is 6.97. The van der Waals surface area contributed by atoms with Crippen molar-refractivity contribution >= 4 is 0 Å². The SMILES string of the molecule is CC1NCCc2cc(OCc3ccccc3)c(OCc3ccccc3)cc21. The monoisotopic (exact) mass is 359 g/mol. The number of nitrogens with one attached hydrogen (secondary N) is 1. The zero-order chi connectivity index (χ0) is 18.5. The van der Waals surface area contributed by atoms with Crippen LogP contribution in [0, 0.1) is 0 Å². The molecule has 0 saturated heterocycles. The highest BCUT2D eigenvalue weighted by Crippen LogP contribution is 2.36. The summed E-state index contributed by atoms with van der Waals surface area (Å²) in [6.07, 6.45) is 1.01. The van der Waals surface area contributed by atoms with Gasteiger partial charge in [0.05, 0.1) is 0 Å². The summed E-state index contributed by atoms with van der Waals surface area (Å²) in [4.78, 5) is 0. The smallest absolute Gasteiger partial charge is 0.162 e. The Kier molecular flexibility index (Phi) is 5.40. The highest BCUT2D eigenvalue weighted by Gasteiger charge is 2.20. The predicted molar refractivity (Wildman–Crippen MR) is 108 cm³/mol. The van der Waals surface area contributed by atoms with Gasteiger partial charge in [0.1, 0.15) is 13.2 Å². The Bertz CT molecular complexity index is 878. The molecule has 138 valence electrons. The van der Waals surface area contributed by atoms with Crippen molar-refractivity contribution in [3.05, 3.63) is 95.1 Å². The van der Waals surface area contributed by atoms with Crippen molar-refractivity contribution in [2.45, 2.75) is 32.6 Å². The van der Waals surface area contributed by atoms with Crippen LogP contribution in [-0.2, 0) is 19.6 Å². The summed E-state index contributed by atoms with van der Waals surface area (Å²) < 4.78 is 12.3. The number of fused-ring (bicyclic) bond motifs is 1. The molecule has 0 bridgehead atoms. The van der Waals surface area contributed by atoms with E-state index in [9.17, 15) is 0 Å². The molecule has 1 N–H and O–H groups in total. The molecule has 0 amide bonds. The topological polar surface area (TPSA) is 30.5 Å². The first-order chi connectivity index (χ1) is 13.3. The Morgan fingerprint density at radius 2 is 1.37 bits per heavy atom. The Labute approximate surface area is 161 Å². The van der Waals surface area contributed by atoms with Crippen molar-refractivity contribution in [3.63, 3.8) is 0 Å². The molecule has 3 nitrogen and oxygen atoms in total. The first-order valence-electron chi connectivity index (χ1n) is 9.53. The fraction of sp³-hybridized carbons (Fsp3) is 0.250. The summed E-state index contributed by atoms with van der Waals surface area (Å²) in [7, 11) is 0. The van der Waals surface area contributed by atoms with Gasteiger partial charge in [-0.25, -0.2) is 0 Å². The number of rotatable bonds is 6. The van der Waals surface area contributed by atoms with Gasteiger partial charge in [0.25, 0.3) is 0 Å². The normalized spacial score (nSPS) is 15.8. The third-order valence-electron chi connectivity index (χ3n) is 4.99. The van der Waals surface area contributed by atoms with Crippen LogP contribution >= 0.6 is 0 Å². The van der Waals surface area contributed by atoms with Gasteiger partial charge in [0.2, 0.25) is 0 Å². The van der Waals surface area contributed by atoms with Crippen molar-refractivity contribution in [3.8, 4) is 11.5 Å². The zero-order valence-corrected chi connectivity index (χ0v) is 15.7. The molecule has 0 fully saturated rings. The second-order valence-corrected chi connectivity index (χ2v) is 6.97. The van der Waals surface area contributed by atoms with Gasteiger partial charge < -0.3 is 14.8 Å². The van der Waals surface area contributed by atoms with Gasteiger partial charge in [-0.2, -0.15) is 0 Å². The van der Waals surface area contributed by atoms with Gasteiger partial charge in [-0.15, -0.1) is 0 Å². The summed E-state index contributed by atoms with van der Waals surface area (Å²) in [5, 5.41) is 3.52. The van der Waals surface area contributed by atoms with Crippen LogP contribution in [-0.4, -0.2) is 6.54 Å². The van der Waals surface area contributed by atoms with E-state index in [-0.39, 0.29) is 0 Å². The number of hydrogen-bond acceptors (Lipinski definition) is 3. The van der Waals surface area contributed by atoms with E-state index in [1.165, 1.54) is 11.1 Å². The van der Waals surface area contributed by atoms with E-state index >= 15 is 0 Å². The Morgan fingerprint density at radius 3 is 1.96 bits per heavy atom. The summed E-state index contributed by atoms with van der Waals surface area (Å²) in [6.45, 7) is 4.26. The highest BCUT2D eigenvalue weighted by atomic mass is 16.5. The number of benzene rings is 3. The molecule has 3 aromatic carbocycles. The van der Waals surface area contributed by atoms with Crippen molar-refractivity contribution in [1.29, 1.82) is 0 Å². The minimum Gasteiger partial charge on any atom is -0.485 e. The Hall–Kier alpha value is -2.78. The summed E-state index contributed by atoms with van der Waals surface area (Å²) in [5.74, 6) is 1.63. The van der Waals surface area contributed by atoms with Gasteiger partial charge in [-0.05, 0) is 54.3 Å². The maximum Gasteiger partial charge on any atom is 0.162 e. The number of hydrogen-bond donors (Lipinski definition) is 1. The van der Waals surface area contributed by atoms with Gasteiger partial charge in [-0.3, -0.25) is 0 Å². The van der Waals surface area contributed by atoms with Crippen LogP contribution in [0.5, 0.6) is 11.5 Å². The highest BCUT2D eigenvalue weighted by molar-refractivity contribution is 5.49. The van der Waals surface area contributed by atoms with Crippen molar-refractivity contribution < 1.29 is 9.47 Å². The van der Waals surface area contributed by atoms with Crippen LogP contribution < -0.4 is 14.8 Å². The van der Waals surface area contributed by atoms with Crippen molar-refractivity contribution in [1.82, 2.24) is 5.32 Å². The summed E-state index contributed by atoms with van der Waals surface area (Å²) >= 11 is 0. The molecule has 1 aliphatic rings. The molecule has 1 atom stereocenters. The lowest BCUT2D eigenvalue weighted by molar-refractivity contribution is 0.255. The van der Waals surface area contributed by atoms with E-state index in [2.05, 4.69) is 48.6 Å². The van der Waals surface area contributed by atoms with Gasteiger partial charge in [0, 0.05) is 6.04 Å². The minimum atomic E-state index is 0.330. The van der Waals surface area contributed by atoms with Gasteiger partial charge in [0.15, 0.2) is 11.5 Å². The molecule has 4 rings (SSSR count). The van der Waals surface area contributed by atoms with E-state index < -0.39 is 0 Å². The maximum atomic E-state index is 6.17. The molecular formula is C24H25NO2. The molecule has 3 heteroatoms. The fourth-order valence-electron chi connectivity index (χ4n) is 3.47. The van der Waals surface area contributed by atoms with Gasteiger partial charge in [-0.1, -0.05) is 60.7 Å². The predicted octanol–water partition coefficient (Wildman–Crippen LogP) is 5.05. The van der Waals surface area contributed by atoms with Crippen molar-refractivity contribution in [2.75, 3.05) is 6.54 Å². The van der Waals surface area contributed by atoms with Crippen LogP contribution in [0.3, 0.4) is 0 Å². The average molecular weight is 359 g/mol. The van der Waals surface area contributed by atoms with E-state index in [4.69, 9.17) is 9.47 Å². The molecule has 0 spiro atoms. The molecular weight excluding hydrogens is 334 g/mol. The lowest BCUT2D eigenvalue weighted by atomic mass is 9.94. The lowest BCUT2D eigenvalue weighted by Gasteiger charge is -2.26. The lowest BCUT2D eigenvalue weighted by Crippen LogP contribution is -2.27.